The highest BCUT2D eigenvalue weighted by Crippen LogP contribution is 2.40. The van der Waals surface area contributed by atoms with E-state index >= 15 is 0 Å². The average molecular weight is 474 g/mol. The van der Waals surface area contributed by atoms with E-state index in [4.69, 9.17) is 0 Å². The van der Waals surface area contributed by atoms with Crippen LogP contribution in [0.15, 0.2) is 60.7 Å². The zero-order valence-corrected chi connectivity index (χ0v) is 20.9. The van der Waals surface area contributed by atoms with Crippen LogP contribution in [-0.2, 0) is 22.6 Å². The molecule has 3 saturated heterocycles. The Balaban J connectivity index is 1.16. The van der Waals surface area contributed by atoms with Crippen molar-refractivity contribution < 1.29 is 9.59 Å². The molecule has 3 heterocycles. The summed E-state index contributed by atoms with van der Waals surface area (Å²) in [7, 11) is 0. The standard InChI is InChI=1S/C30H39N3O2/c34-28-27-17-11-21-32(27)29(35)30(33(28)24-26-15-8-4-9-16-26)18-22-31(23-19-30)20-10-2-1-5-12-25-13-6-3-7-14-25/h3-4,6-9,13-16,27H,1-2,5,10-12,17-24H2. The number of benzene rings is 2. The van der Waals surface area contributed by atoms with Crippen LogP contribution in [0.2, 0.25) is 0 Å². The third-order valence-electron chi connectivity index (χ3n) is 8.38. The minimum absolute atomic E-state index is 0.165. The van der Waals surface area contributed by atoms with E-state index in [0.29, 0.717) is 6.54 Å². The van der Waals surface area contributed by atoms with Crippen molar-refractivity contribution in [2.75, 3.05) is 26.2 Å². The molecule has 3 aliphatic heterocycles. The largest absolute Gasteiger partial charge is 0.329 e. The second-order valence-corrected chi connectivity index (χ2v) is 10.6. The van der Waals surface area contributed by atoms with Crippen molar-refractivity contribution in [3.63, 3.8) is 0 Å². The maximum absolute atomic E-state index is 13.8. The number of fused-ring (bicyclic) bond motifs is 1. The molecule has 3 fully saturated rings. The summed E-state index contributed by atoms with van der Waals surface area (Å²) in [5.41, 5.74) is 1.87. The molecule has 2 aromatic rings. The lowest BCUT2D eigenvalue weighted by atomic mass is 9.80. The van der Waals surface area contributed by atoms with E-state index in [1.807, 2.05) is 28.0 Å². The number of piperidine rings is 1. The van der Waals surface area contributed by atoms with Gasteiger partial charge in [-0.05, 0) is 62.6 Å². The summed E-state index contributed by atoms with van der Waals surface area (Å²) >= 11 is 0. The second-order valence-electron chi connectivity index (χ2n) is 10.6. The maximum Gasteiger partial charge on any atom is 0.249 e. The highest BCUT2D eigenvalue weighted by Gasteiger charge is 2.57. The number of carbonyl (C=O) groups excluding carboxylic acids is 2. The van der Waals surface area contributed by atoms with Gasteiger partial charge in [-0.1, -0.05) is 73.5 Å². The quantitative estimate of drug-likeness (QED) is 0.498. The van der Waals surface area contributed by atoms with Gasteiger partial charge in [-0.2, -0.15) is 0 Å². The lowest BCUT2D eigenvalue weighted by molar-refractivity contribution is -0.173. The molecule has 35 heavy (non-hydrogen) atoms. The number of unbranched alkanes of at least 4 members (excludes halogenated alkanes) is 3. The third-order valence-corrected chi connectivity index (χ3v) is 8.38. The Morgan fingerprint density at radius 1 is 0.771 bits per heavy atom. The number of amides is 2. The van der Waals surface area contributed by atoms with Crippen LogP contribution in [0, 0.1) is 0 Å². The fraction of sp³-hybridized carbons (Fsp3) is 0.533. The predicted octanol–water partition coefficient (Wildman–Crippen LogP) is 4.66. The lowest BCUT2D eigenvalue weighted by Crippen LogP contribution is -2.72. The van der Waals surface area contributed by atoms with E-state index in [9.17, 15) is 9.59 Å². The van der Waals surface area contributed by atoms with Crippen LogP contribution in [0.4, 0.5) is 0 Å². The van der Waals surface area contributed by atoms with E-state index in [1.165, 1.54) is 31.2 Å². The average Bonchev–Trinajstić information content (AvgIpc) is 3.40. The number of aryl methyl sites for hydroxylation is 1. The van der Waals surface area contributed by atoms with Crippen molar-refractivity contribution in [3.05, 3.63) is 71.8 Å². The van der Waals surface area contributed by atoms with Crippen molar-refractivity contribution in [2.45, 2.75) is 75.9 Å². The first-order valence-corrected chi connectivity index (χ1v) is 13.6. The molecule has 1 spiro atoms. The topological polar surface area (TPSA) is 43.9 Å². The molecule has 5 heteroatoms. The Bertz CT molecular complexity index is 985. The summed E-state index contributed by atoms with van der Waals surface area (Å²) in [6.45, 7) is 4.16. The summed E-state index contributed by atoms with van der Waals surface area (Å²) < 4.78 is 0. The van der Waals surface area contributed by atoms with Gasteiger partial charge in [-0.3, -0.25) is 9.59 Å². The van der Waals surface area contributed by atoms with Crippen molar-refractivity contribution >= 4 is 11.8 Å². The van der Waals surface area contributed by atoms with Gasteiger partial charge in [0.2, 0.25) is 11.8 Å². The monoisotopic (exact) mass is 473 g/mol. The Labute approximate surface area is 210 Å². The Kier molecular flexibility index (Phi) is 7.52. The van der Waals surface area contributed by atoms with E-state index in [2.05, 4.69) is 47.4 Å². The molecular weight excluding hydrogens is 434 g/mol. The molecule has 5 rings (SSSR count). The number of piperazine rings is 1. The molecule has 5 nitrogen and oxygen atoms in total. The van der Waals surface area contributed by atoms with Crippen LogP contribution >= 0.6 is 0 Å². The molecule has 1 atom stereocenters. The van der Waals surface area contributed by atoms with Gasteiger partial charge in [0.1, 0.15) is 11.6 Å². The molecule has 2 amide bonds. The number of hydrogen-bond donors (Lipinski definition) is 0. The molecule has 1 unspecified atom stereocenters. The van der Waals surface area contributed by atoms with Crippen molar-refractivity contribution in [1.29, 1.82) is 0 Å². The number of likely N-dealkylation sites (tertiary alicyclic amines) is 1. The minimum Gasteiger partial charge on any atom is -0.329 e. The number of nitrogens with zero attached hydrogens (tertiary/aromatic N) is 3. The molecule has 186 valence electrons. The van der Waals surface area contributed by atoms with Crippen LogP contribution in [0.25, 0.3) is 0 Å². The molecule has 0 bridgehead atoms. The summed E-state index contributed by atoms with van der Waals surface area (Å²) in [5, 5.41) is 0. The summed E-state index contributed by atoms with van der Waals surface area (Å²) in [6, 6.07) is 20.7. The van der Waals surface area contributed by atoms with Gasteiger partial charge in [-0.15, -0.1) is 0 Å². The second kappa shape index (κ2) is 10.9. The van der Waals surface area contributed by atoms with Crippen LogP contribution < -0.4 is 0 Å². The van der Waals surface area contributed by atoms with Gasteiger partial charge in [0.05, 0.1) is 0 Å². The highest BCUT2D eigenvalue weighted by molar-refractivity contribution is 6.00. The normalized spacial score (nSPS) is 22.1. The highest BCUT2D eigenvalue weighted by atomic mass is 16.2. The van der Waals surface area contributed by atoms with Crippen molar-refractivity contribution in [2.24, 2.45) is 0 Å². The van der Waals surface area contributed by atoms with Crippen LogP contribution in [0.5, 0.6) is 0 Å². The fourth-order valence-corrected chi connectivity index (χ4v) is 6.33. The van der Waals surface area contributed by atoms with Gasteiger partial charge in [-0.25, -0.2) is 0 Å². The van der Waals surface area contributed by atoms with Crippen molar-refractivity contribution in [3.8, 4) is 0 Å². The SMILES string of the molecule is O=C1C2CCCN2C(=O)C2(CCN(CCCCCCc3ccccc3)CC2)N1Cc1ccccc1. The number of carbonyl (C=O) groups is 2. The Morgan fingerprint density at radius 2 is 1.43 bits per heavy atom. The van der Waals surface area contributed by atoms with Crippen LogP contribution in [0.3, 0.4) is 0 Å². The summed E-state index contributed by atoms with van der Waals surface area (Å²) in [4.78, 5) is 33.8. The first kappa shape index (κ1) is 24.1. The summed E-state index contributed by atoms with van der Waals surface area (Å²) in [6.07, 6.45) is 9.38. The molecule has 0 aliphatic carbocycles. The number of rotatable bonds is 9. The van der Waals surface area contributed by atoms with Gasteiger partial charge < -0.3 is 14.7 Å². The molecule has 2 aromatic carbocycles. The lowest BCUT2D eigenvalue weighted by Gasteiger charge is -2.53. The van der Waals surface area contributed by atoms with Crippen molar-refractivity contribution in [1.82, 2.24) is 14.7 Å². The molecule has 0 radical (unpaired) electrons. The van der Waals surface area contributed by atoms with Crippen LogP contribution in [-0.4, -0.2) is 64.3 Å². The first-order valence-electron chi connectivity index (χ1n) is 13.6. The van der Waals surface area contributed by atoms with E-state index < -0.39 is 5.54 Å². The van der Waals surface area contributed by atoms with Gasteiger partial charge >= 0.3 is 0 Å². The van der Waals surface area contributed by atoms with E-state index in [-0.39, 0.29) is 17.9 Å². The molecular formula is C30H39N3O2. The fourth-order valence-electron chi connectivity index (χ4n) is 6.33. The molecule has 0 saturated carbocycles. The minimum atomic E-state index is -0.667. The third kappa shape index (κ3) is 5.16. The predicted molar refractivity (Wildman–Crippen MR) is 139 cm³/mol. The Morgan fingerprint density at radius 3 is 2.14 bits per heavy atom. The maximum atomic E-state index is 13.8. The van der Waals surface area contributed by atoms with Gasteiger partial charge in [0.15, 0.2) is 0 Å². The van der Waals surface area contributed by atoms with Crippen LogP contribution in [0.1, 0.15) is 62.5 Å². The smallest absolute Gasteiger partial charge is 0.249 e. The zero-order chi connectivity index (χ0) is 24.1. The number of hydrogen-bond acceptors (Lipinski definition) is 3. The zero-order valence-electron chi connectivity index (χ0n) is 20.9. The summed E-state index contributed by atoms with van der Waals surface area (Å²) in [5.74, 6) is 0.369. The molecule has 3 aliphatic rings. The molecule has 0 aromatic heterocycles. The van der Waals surface area contributed by atoms with E-state index in [1.54, 1.807) is 0 Å². The molecule has 0 N–H and O–H groups in total. The van der Waals surface area contributed by atoms with Gasteiger partial charge in [0.25, 0.3) is 0 Å². The van der Waals surface area contributed by atoms with E-state index in [0.717, 1.165) is 63.8 Å². The van der Waals surface area contributed by atoms with Gasteiger partial charge in [0, 0.05) is 26.2 Å². The Hall–Kier alpha value is -2.66. The first-order chi connectivity index (χ1) is 17.2.